The third-order valence-corrected chi connectivity index (χ3v) is 5.28. The van der Waals surface area contributed by atoms with Crippen LogP contribution in [0.1, 0.15) is 5.56 Å². The molecule has 0 heterocycles. The van der Waals surface area contributed by atoms with Crippen LogP contribution in [0, 0.1) is 17.0 Å². The van der Waals surface area contributed by atoms with Gasteiger partial charge < -0.3 is 0 Å². The van der Waals surface area contributed by atoms with Crippen LogP contribution >= 0.6 is 0 Å². The van der Waals surface area contributed by atoms with Gasteiger partial charge >= 0.3 is 0 Å². The van der Waals surface area contributed by atoms with E-state index >= 15 is 0 Å². The Balaban J connectivity index is 1.87. The Morgan fingerprint density at radius 3 is 2.12 bits per heavy atom. The molecule has 0 aliphatic heterocycles. The normalized spacial score (nSPS) is 11.1. The lowest BCUT2D eigenvalue weighted by molar-refractivity contribution is -0.384. The van der Waals surface area contributed by atoms with Gasteiger partial charge in [0.2, 0.25) is 0 Å². The molecule has 0 aliphatic carbocycles. The highest BCUT2D eigenvalue weighted by Crippen LogP contribution is 2.30. The number of nitrogens with one attached hydrogen (secondary N) is 1. The van der Waals surface area contributed by atoms with Crippen LogP contribution < -0.4 is 4.72 Å². The van der Waals surface area contributed by atoms with Crippen molar-refractivity contribution >= 4 is 21.4 Å². The third-order valence-electron chi connectivity index (χ3n) is 3.88. The maximum absolute atomic E-state index is 12.4. The van der Waals surface area contributed by atoms with E-state index in [4.69, 9.17) is 0 Å². The minimum Gasteiger partial charge on any atom is -0.280 e. The average molecular weight is 368 g/mol. The van der Waals surface area contributed by atoms with Gasteiger partial charge in [-0.25, -0.2) is 8.42 Å². The molecule has 0 aromatic heterocycles. The van der Waals surface area contributed by atoms with Crippen molar-refractivity contribution < 1.29 is 13.3 Å². The number of anilines is 1. The first-order valence-corrected chi connectivity index (χ1v) is 9.28. The van der Waals surface area contributed by atoms with E-state index < -0.39 is 14.9 Å². The molecule has 0 bridgehead atoms. The van der Waals surface area contributed by atoms with E-state index in [1.165, 1.54) is 6.07 Å². The predicted molar refractivity (Wildman–Crippen MR) is 101 cm³/mol. The molecule has 0 saturated carbocycles. The third kappa shape index (κ3) is 3.73. The number of hydrogen-bond acceptors (Lipinski definition) is 4. The smallest absolute Gasteiger partial charge is 0.277 e. The molecule has 0 atom stereocenters. The van der Waals surface area contributed by atoms with E-state index in [0.717, 1.165) is 5.56 Å². The summed E-state index contributed by atoms with van der Waals surface area (Å²) in [6, 6.07) is 19.4. The zero-order valence-electron chi connectivity index (χ0n) is 13.9. The van der Waals surface area contributed by atoms with E-state index in [1.54, 1.807) is 66.7 Å². The van der Waals surface area contributed by atoms with Crippen LogP contribution in [0.2, 0.25) is 0 Å². The van der Waals surface area contributed by atoms with Crippen molar-refractivity contribution in [3.63, 3.8) is 0 Å². The maximum atomic E-state index is 12.4. The number of hydrogen-bond donors (Lipinski definition) is 1. The van der Waals surface area contributed by atoms with Gasteiger partial charge in [-0.3, -0.25) is 14.8 Å². The number of sulfonamides is 1. The zero-order chi connectivity index (χ0) is 18.7. The highest BCUT2D eigenvalue weighted by molar-refractivity contribution is 7.92. The van der Waals surface area contributed by atoms with Crippen molar-refractivity contribution in [2.45, 2.75) is 11.8 Å². The molecule has 0 unspecified atom stereocenters. The second kappa shape index (κ2) is 6.97. The molecule has 0 radical (unpaired) electrons. The quantitative estimate of drug-likeness (QED) is 0.535. The first-order chi connectivity index (χ1) is 12.4. The van der Waals surface area contributed by atoms with Crippen LogP contribution in [0.25, 0.3) is 11.1 Å². The Hall–Kier alpha value is -3.19. The first kappa shape index (κ1) is 17.6. The number of para-hydroxylation sites is 1. The predicted octanol–water partition coefficient (Wildman–Crippen LogP) is 4.37. The molecular formula is C19H16N2O4S. The molecule has 0 amide bonds. The number of aryl methyl sites for hydroxylation is 1. The van der Waals surface area contributed by atoms with Gasteiger partial charge in [-0.15, -0.1) is 0 Å². The second-order valence-electron chi connectivity index (χ2n) is 5.77. The molecule has 7 heteroatoms. The van der Waals surface area contributed by atoms with Crippen LogP contribution in [-0.2, 0) is 10.0 Å². The molecule has 3 aromatic carbocycles. The van der Waals surface area contributed by atoms with Crippen LogP contribution in [0.15, 0.2) is 77.7 Å². The fourth-order valence-electron chi connectivity index (χ4n) is 2.53. The lowest BCUT2D eigenvalue weighted by Gasteiger charge is -2.09. The van der Waals surface area contributed by atoms with E-state index in [2.05, 4.69) is 4.72 Å². The minimum absolute atomic E-state index is 0.000450. The van der Waals surface area contributed by atoms with Crippen molar-refractivity contribution in [3.05, 3.63) is 88.5 Å². The van der Waals surface area contributed by atoms with Gasteiger partial charge in [0.25, 0.3) is 15.7 Å². The molecule has 1 N–H and O–H groups in total. The van der Waals surface area contributed by atoms with Crippen LogP contribution in [0.5, 0.6) is 0 Å². The van der Waals surface area contributed by atoms with Crippen LogP contribution in [-0.4, -0.2) is 13.3 Å². The SMILES string of the molecule is Cc1ccc(S(=O)(=O)Nc2ccc(-c3ccccc3[N+](=O)[O-])cc2)cc1. The van der Waals surface area contributed by atoms with E-state index in [-0.39, 0.29) is 10.6 Å². The van der Waals surface area contributed by atoms with Crippen molar-refractivity contribution in [1.29, 1.82) is 0 Å². The van der Waals surface area contributed by atoms with Gasteiger partial charge in [0.05, 0.1) is 15.4 Å². The monoisotopic (exact) mass is 368 g/mol. The fourth-order valence-corrected chi connectivity index (χ4v) is 3.58. The lowest BCUT2D eigenvalue weighted by Crippen LogP contribution is -2.12. The fraction of sp³-hybridized carbons (Fsp3) is 0.0526. The summed E-state index contributed by atoms with van der Waals surface area (Å²) in [4.78, 5) is 10.9. The van der Waals surface area contributed by atoms with Gasteiger partial charge in [0, 0.05) is 11.8 Å². The Morgan fingerprint density at radius 2 is 1.50 bits per heavy atom. The molecule has 3 rings (SSSR count). The average Bonchev–Trinajstić information content (AvgIpc) is 2.62. The van der Waals surface area contributed by atoms with Crippen molar-refractivity contribution in [3.8, 4) is 11.1 Å². The lowest BCUT2D eigenvalue weighted by atomic mass is 10.0. The van der Waals surface area contributed by atoms with Crippen molar-refractivity contribution in [2.24, 2.45) is 0 Å². The summed E-state index contributed by atoms with van der Waals surface area (Å²) in [6.45, 7) is 1.88. The van der Waals surface area contributed by atoms with Crippen molar-refractivity contribution in [2.75, 3.05) is 4.72 Å². The Bertz CT molecular complexity index is 1040. The summed E-state index contributed by atoms with van der Waals surface area (Å²) >= 11 is 0. The summed E-state index contributed by atoms with van der Waals surface area (Å²) in [5.41, 5.74) is 2.46. The molecule has 0 saturated heterocycles. The molecule has 0 aliphatic rings. The molecule has 3 aromatic rings. The van der Waals surface area contributed by atoms with Crippen LogP contribution in [0.3, 0.4) is 0 Å². The molecular weight excluding hydrogens is 352 g/mol. The topological polar surface area (TPSA) is 89.3 Å². The largest absolute Gasteiger partial charge is 0.280 e. The van der Waals surface area contributed by atoms with E-state index in [9.17, 15) is 18.5 Å². The number of rotatable bonds is 5. The number of nitro groups is 1. The minimum atomic E-state index is -3.69. The highest BCUT2D eigenvalue weighted by Gasteiger charge is 2.16. The van der Waals surface area contributed by atoms with Gasteiger partial charge in [-0.05, 0) is 42.8 Å². The van der Waals surface area contributed by atoms with Crippen molar-refractivity contribution in [1.82, 2.24) is 0 Å². The molecule has 6 nitrogen and oxygen atoms in total. The Labute approximate surface area is 151 Å². The highest BCUT2D eigenvalue weighted by atomic mass is 32.2. The van der Waals surface area contributed by atoms with Gasteiger partial charge in [0.15, 0.2) is 0 Å². The number of nitrogens with zero attached hydrogens (tertiary/aromatic N) is 1. The number of benzene rings is 3. The summed E-state index contributed by atoms with van der Waals surface area (Å²) in [7, 11) is -3.69. The summed E-state index contributed by atoms with van der Waals surface area (Å²) in [5, 5.41) is 11.1. The first-order valence-electron chi connectivity index (χ1n) is 7.80. The zero-order valence-corrected chi connectivity index (χ0v) is 14.7. The van der Waals surface area contributed by atoms with Gasteiger partial charge in [-0.2, -0.15) is 0 Å². The van der Waals surface area contributed by atoms with Gasteiger partial charge in [-0.1, -0.05) is 42.0 Å². The maximum Gasteiger partial charge on any atom is 0.277 e. The summed E-state index contributed by atoms with van der Waals surface area (Å²) in [6.07, 6.45) is 0. The second-order valence-corrected chi connectivity index (χ2v) is 7.45. The Morgan fingerprint density at radius 1 is 0.885 bits per heavy atom. The van der Waals surface area contributed by atoms with E-state index in [0.29, 0.717) is 16.8 Å². The Kier molecular flexibility index (Phi) is 4.73. The standard InChI is InChI=1S/C19H16N2O4S/c1-14-6-12-17(13-7-14)26(24,25)20-16-10-8-15(9-11-16)18-4-2-3-5-19(18)21(22)23/h2-13,20H,1H3. The van der Waals surface area contributed by atoms with E-state index in [1.807, 2.05) is 6.92 Å². The summed E-state index contributed by atoms with van der Waals surface area (Å²) < 4.78 is 27.3. The summed E-state index contributed by atoms with van der Waals surface area (Å²) in [5.74, 6) is 0. The molecule has 0 spiro atoms. The molecule has 132 valence electrons. The van der Waals surface area contributed by atoms with Gasteiger partial charge in [0.1, 0.15) is 0 Å². The van der Waals surface area contributed by atoms with Crippen LogP contribution in [0.4, 0.5) is 11.4 Å². The molecule has 26 heavy (non-hydrogen) atoms. The molecule has 0 fully saturated rings. The number of nitro benzene ring substituents is 1.